The van der Waals surface area contributed by atoms with E-state index in [4.69, 9.17) is 16.3 Å². The number of rotatable bonds is 3. The average Bonchev–Trinajstić information content (AvgIpc) is 3.01. The summed E-state index contributed by atoms with van der Waals surface area (Å²) in [6.07, 6.45) is 3.28. The lowest BCUT2D eigenvalue weighted by Gasteiger charge is -2.23. The van der Waals surface area contributed by atoms with E-state index >= 15 is 0 Å². The van der Waals surface area contributed by atoms with Crippen LogP contribution in [0.25, 0.3) is 11.0 Å². The highest BCUT2D eigenvalue weighted by atomic mass is 35.5. The van der Waals surface area contributed by atoms with Gasteiger partial charge >= 0.3 is 0 Å². The minimum Gasteiger partial charge on any atom is -0.379 e. The summed E-state index contributed by atoms with van der Waals surface area (Å²) < 4.78 is 21.6. The van der Waals surface area contributed by atoms with Gasteiger partial charge < -0.3 is 9.30 Å². The molecule has 0 radical (unpaired) electrons. The number of para-hydroxylation sites is 1. The summed E-state index contributed by atoms with van der Waals surface area (Å²) in [5, 5.41) is -0.264. The molecule has 1 aliphatic rings. The molecule has 0 N–H and O–H groups in total. The summed E-state index contributed by atoms with van der Waals surface area (Å²) >= 11 is 6.25. The zero-order valence-electron chi connectivity index (χ0n) is 11.6. The van der Waals surface area contributed by atoms with Crippen molar-refractivity contribution in [2.24, 2.45) is 0 Å². The fourth-order valence-corrected chi connectivity index (χ4v) is 3.36. The molecule has 1 saturated carbocycles. The number of hydrogen-bond acceptors (Lipinski definition) is 2. The lowest BCUT2D eigenvalue weighted by molar-refractivity contribution is 0.0753. The number of nitrogens with zero attached hydrogens (tertiary/aromatic N) is 2. The number of halogens is 2. The predicted octanol–water partition coefficient (Wildman–Crippen LogP) is 4.22. The molecule has 1 aliphatic carbocycles. The van der Waals surface area contributed by atoms with E-state index in [0.717, 1.165) is 30.6 Å². The minimum atomic E-state index is -0.299. The molecule has 0 aliphatic heterocycles. The standard InChI is InChI=1S/C15H18ClFN2O/c1-9(16)15-18-14-10(17)5-3-7-12(14)19(15)11-6-4-8-13(11)20-2/h3,5,7,9,11,13H,4,6,8H2,1-2H3. The highest BCUT2D eigenvalue weighted by Gasteiger charge is 2.32. The number of methoxy groups -OCH3 is 1. The monoisotopic (exact) mass is 296 g/mol. The van der Waals surface area contributed by atoms with Crippen molar-refractivity contribution in [3.05, 3.63) is 29.8 Å². The van der Waals surface area contributed by atoms with Crippen molar-refractivity contribution in [3.8, 4) is 0 Å². The van der Waals surface area contributed by atoms with Crippen LogP contribution in [0.5, 0.6) is 0 Å². The summed E-state index contributed by atoms with van der Waals surface area (Å²) in [6, 6.07) is 5.24. The van der Waals surface area contributed by atoms with E-state index in [1.165, 1.54) is 6.07 Å². The average molecular weight is 297 g/mol. The molecule has 108 valence electrons. The Morgan fingerprint density at radius 3 is 2.95 bits per heavy atom. The van der Waals surface area contributed by atoms with Crippen LogP contribution in [0, 0.1) is 5.82 Å². The van der Waals surface area contributed by atoms with Gasteiger partial charge in [0.25, 0.3) is 0 Å². The van der Waals surface area contributed by atoms with Gasteiger partial charge in [0.2, 0.25) is 0 Å². The van der Waals surface area contributed by atoms with Crippen LogP contribution in [0.3, 0.4) is 0 Å². The van der Waals surface area contributed by atoms with Crippen LogP contribution >= 0.6 is 11.6 Å². The molecule has 3 atom stereocenters. The van der Waals surface area contributed by atoms with Crippen LogP contribution in [0.15, 0.2) is 18.2 Å². The lowest BCUT2D eigenvalue weighted by atomic mass is 10.2. The second kappa shape index (κ2) is 5.34. The van der Waals surface area contributed by atoms with Gasteiger partial charge in [-0.05, 0) is 38.3 Å². The molecule has 0 bridgehead atoms. The molecular formula is C15H18ClFN2O. The van der Waals surface area contributed by atoms with E-state index in [2.05, 4.69) is 9.55 Å². The maximum atomic E-state index is 14.0. The number of alkyl halides is 1. The van der Waals surface area contributed by atoms with Crippen molar-refractivity contribution in [2.45, 2.75) is 43.7 Å². The molecule has 3 unspecified atom stereocenters. The topological polar surface area (TPSA) is 27.1 Å². The van der Waals surface area contributed by atoms with Crippen LogP contribution in [-0.2, 0) is 4.74 Å². The maximum Gasteiger partial charge on any atom is 0.151 e. The summed E-state index contributed by atoms with van der Waals surface area (Å²) in [7, 11) is 1.73. The van der Waals surface area contributed by atoms with Crippen molar-refractivity contribution in [2.75, 3.05) is 7.11 Å². The zero-order valence-corrected chi connectivity index (χ0v) is 12.4. The smallest absolute Gasteiger partial charge is 0.151 e. The quantitative estimate of drug-likeness (QED) is 0.793. The number of benzene rings is 1. The van der Waals surface area contributed by atoms with Gasteiger partial charge in [0.05, 0.1) is 23.0 Å². The molecule has 3 nitrogen and oxygen atoms in total. The molecule has 20 heavy (non-hydrogen) atoms. The van der Waals surface area contributed by atoms with Crippen molar-refractivity contribution < 1.29 is 9.13 Å². The normalized spacial score (nSPS) is 24.4. The Morgan fingerprint density at radius 2 is 2.25 bits per heavy atom. The van der Waals surface area contributed by atoms with Crippen LogP contribution in [-0.4, -0.2) is 22.8 Å². The van der Waals surface area contributed by atoms with Gasteiger partial charge in [-0.3, -0.25) is 0 Å². The second-order valence-corrected chi connectivity index (χ2v) is 5.99. The Morgan fingerprint density at radius 1 is 1.45 bits per heavy atom. The third kappa shape index (κ3) is 2.11. The Balaban J connectivity index is 2.21. The van der Waals surface area contributed by atoms with E-state index < -0.39 is 0 Å². The minimum absolute atomic E-state index is 0.143. The molecule has 3 rings (SSSR count). The summed E-state index contributed by atoms with van der Waals surface area (Å²) in [6.45, 7) is 1.87. The molecule has 0 saturated heterocycles. The van der Waals surface area contributed by atoms with Crippen molar-refractivity contribution in [1.29, 1.82) is 0 Å². The first-order valence-corrected chi connectivity index (χ1v) is 7.40. The third-order valence-corrected chi connectivity index (χ3v) is 4.30. The molecule has 1 fully saturated rings. The van der Waals surface area contributed by atoms with Gasteiger partial charge in [-0.15, -0.1) is 11.6 Å². The molecule has 1 aromatic carbocycles. The van der Waals surface area contributed by atoms with Gasteiger partial charge in [0.15, 0.2) is 5.82 Å². The van der Waals surface area contributed by atoms with E-state index in [9.17, 15) is 4.39 Å². The van der Waals surface area contributed by atoms with Crippen LogP contribution < -0.4 is 0 Å². The molecule has 5 heteroatoms. The number of aromatic nitrogens is 2. The molecule has 1 aromatic heterocycles. The van der Waals surface area contributed by atoms with E-state index in [1.54, 1.807) is 13.2 Å². The molecule has 1 heterocycles. The molecule has 0 amide bonds. The molecule has 0 spiro atoms. The van der Waals surface area contributed by atoms with Gasteiger partial charge in [-0.1, -0.05) is 6.07 Å². The Bertz CT molecular complexity index is 626. The highest BCUT2D eigenvalue weighted by Crippen LogP contribution is 2.38. The zero-order chi connectivity index (χ0) is 14.3. The van der Waals surface area contributed by atoms with Crippen molar-refractivity contribution >= 4 is 22.6 Å². The number of fused-ring (bicyclic) bond motifs is 1. The number of imidazole rings is 1. The lowest BCUT2D eigenvalue weighted by Crippen LogP contribution is -2.22. The largest absolute Gasteiger partial charge is 0.379 e. The van der Waals surface area contributed by atoms with E-state index in [0.29, 0.717) is 5.52 Å². The SMILES string of the molecule is COC1CCCC1n1c(C(C)Cl)nc2c(F)cccc21. The van der Waals surface area contributed by atoms with E-state index in [1.807, 2.05) is 13.0 Å². The first-order chi connectivity index (χ1) is 9.63. The number of ether oxygens (including phenoxy) is 1. The Labute approximate surface area is 122 Å². The van der Waals surface area contributed by atoms with Gasteiger partial charge in [0, 0.05) is 7.11 Å². The van der Waals surface area contributed by atoms with Crippen molar-refractivity contribution in [3.63, 3.8) is 0 Å². The van der Waals surface area contributed by atoms with Gasteiger partial charge in [-0.25, -0.2) is 9.37 Å². The molecular weight excluding hydrogens is 279 g/mol. The summed E-state index contributed by atoms with van der Waals surface area (Å²) in [5.41, 5.74) is 1.21. The van der Waals surface area contributed by atoms with Crippen LogP contribution in [0.4, 0.5) is 4.39 Å². The fourth-order valence-electron chi connectivity index (χ4n) is 3.21. The predicted molar refractivity (Wildman–Crippen MR) is 77.6 cm³/mol. The second-order valence-electron chi connectivity index (χ2n) is 5.34. The molecule has 2 aromatic rings. The Kier molecular flexibility index (Phi) is 3.69. The maximum absolute atomic E-state index is 14.0. The van der Waals surface area contributed by atoms with Crippen LogP contribution in [0.1, 0.15) is 43.4 Å². The Hall–Kier alpha value is -1.13. The summed E-state index contributed by atoms with van der Waals surface area (Å²) in [4.78, 5) is 4.43. The fraction of sp³-hybridized carbons (Fsp3) is 0.533. The van der Waals surface area contributed by atoms with Crippen molar-refractivity contribution in [1.82, 2.24) is 9.55 Å². The van der Waals surface area contributed by atoms with E-state index in [-0.39, 0.29) is 23.3 Å². The van der Waals surface area contributed by atoms with Gasteiger partial charge in [-0.2, -0.15) is 0 Å². The first kappa shape index (κ1) is 13.8. The number of hydrogen-bond donors (Lipinski definition) is 0. The van der Waals surface area contributed by atoms with Crippen LogP contribution in [0.2, 0.25) is 0 Å². The third-order valence-electron chi connectivity index (χ3n) is 4.11. The first-order valence-electron chi connectivity index (χ1n) is 6.96. The highest BCUT2D eigenvalue weighted by molar-refractivity contribution is 6.20. The summed E-state index contributed by atoms with van der Waals surface area (Å²) in [5.74, 6) is 0.424. The van der Waals surface area contributed by atoms with Gasteiger partial charge in [0.1, 0.15) is 11.3 Å².